The van der Waals surface area contributed by atoms with Crippen molar-refractivity contribution < 1.29 is 9.50 Å². The maximum absolute atomic E-state index is 13.2. The van der Waals surface area contributed by atoms with Crippen molar-refractivity contribution in [3.8, 4) is 0 Å². The molecule has 2 heterocycles. The molecule has 1 fully saturated rings. The van der Waals surface area contributed by atoms with E-state index in [1.54, 1.807) is 35.4 Å². The lowest BCUT2D eigenvalue weighted by Gasteiger charge is -2.43. The van der Waals surface area contributed by atoms with Crippen molar-refractivity contribution >= 4 is 0 Å². The van der Waals surface area contributed by atoms with Gasteiger partial charge in [0.15, 0.2) is 0 Å². The zero-order chi connectivity index (χ0) is 16.5. The van der Waals surface area contributed by atoms with Gasteiger partial charge in [-0.3, -0.25) is 10.00 Å². The minimum absolute atomic E-state index is 0.0417. The Hall–Kier alpha value is -2.51. The van der Waals surface area contributed by atoms with Gasteiger partial charge in [0, 0.05) is 30.8 Å². The largest absolute Gasteiger partial charge is 0.391 e. The molecule has 1 aliphatic rings. The Morgan fingerprint density at radius 3 is 2.75 bits per heavy atom. The fourth-order valence-electron chi connectivity index (χ4n) is 3.23. The van der Waals surface area contributed by atoms with Crippen LogP contribution in [0.2, 0.25) is 0 Å². The molecule has 0 radical (unpaired) electrons. The lowest BCUT2D eigenvalue weighted by Crippen LogP contribution is -2.55. The molecule has 0 bridgehead atoms. The van der Waals surface area contributed by atoms with Crippen molar-refractivity contribution in [2.75, 3.05) is 0 Å². The first-order valence-corrected chi connectivity index (χ1v) is 7.90. The number of aromatic amines is 1. The van der Waals surface area contributed by atoms with E-state index in [-0.39, 0.29) is 23.9 Å². The van der Waals surface area contributed by atoms with Crippen molar-refractivity contribution in [3.63, 3.8) is 0 Å². The molecule has 0 saturated heterocycles. The number of halogens is 1. The van der Waals surface area contributed by atoms with E-state index >= 15 is 0 Å². The van der Waals surface area contributed by atoms with E-state index in [4.69, 9.17) is 0 Å². The van der Waals surface area contributed by atoms with Crippen molar-refractivity contribution in [1.82, 2.24) is 25.1 Å². The number of aliphatic hydroxyl groups is 1. The summed E-state index contributed by atoms with van der Waals surface area (Å²) in [6.07, 6.45) is 7.19. The van der Waals surface area contributed by atoms with E-state index in [1.807, 2.05) is 12.3 Å². The van der Waals surface area contributed by atoms with Gasteiger partial charge in [-0.2, -0.15) is 5.10 Å². The van der Waals surface area contributed by atoms with E-state index in [2.05, 4.69) is 20.4 Å². The molecule has 3 aromatic rings. The average molecular weight is 327 g/mol. The topological polar surface area (TPSA) is 78.8 Å². The second kappa shape index (κ2) is 6.18. The van der Waals surface area contributed by atoms with Crippen molar-refractivity contribution in [1.29, 1.82) is 0 Å². The maximum Gasteiger partial charge on any atom is 0.127 e. The quantitative estimate of drug-likeness (QED) is 0.668. The van der Waals surface area contributed by atoms with Gasteiger partial charge in [-0.05, 0) is 30.2 Å². The molecule has 2 aromatic heterocycles. The Bertz CT molecular complexity index is 772. The molecule has 6 nitrogen and oxygen atoms in total. The summed E-state index contributed by atoms with van der Waals surface area (Å²) in [5, 5.41) is 17.9. The summed E-state index contributed by atoms with van der Waals surface area (Å²) in [4.78, 5) is 7.45. The predicted molar refractivity (Wildman–Crippen MR) is 85.6 cm³/mol. The van der Waals surface area contributed by atoms with Crippen LogP contribution in [0.3, 0.4) is 0 Å². The minimum Gasteiger partial charge on any atom is -0.391 e. The van der Waals surface area contributed by atoms with Crippen molar-refractivity contribution in [2.24, 2.45) is 0 Å². The lowest BCUT2D eigenvalue weighted by molar-refractivity contribution is -0.0105. The summed E-state index contributed by atoms with van der Waals surface area (Å²) >= 11 is 0. The molecule has 1 aromatic carbocycles. The van der Waals surface area contributed by atoms with E-state index < -0.39 is 6.10 Å². The molecule has 4 rings (SSSR count). The number of H-pyrrole nitrogens is 1. The summed E-state index contributed by atoms with van der Waals surface area (Å²) in [6, 6.07) is 7.91. The highest BCUT2D eigenvalue weighted by Gasteiger charge is 2.43. The Morgan fingerprint density at radius 2 is 2.12 bits per heavy atom. The fourth-order valence-corrected chi connectivity index (χ4v) is 3.23. The number of aliphatic hydroxyl groups excluding tert-OH is 1. The number of nitrogens with one attached hydrogen (secondary N) is 2. The number of hydrogen-bond acceptors (Lipinski definition) is 4. The van der Waals surface area contributed by atoms with Gasteiger partial charge in [-0.1, -0.05) is 12.1 Å². The van der Waals surface area contributed by atoms with Crippen LogP contribution >= 0.6 is 0 Å². The van der Waals surface area contributed by atoms with Crippen LogP contribution in [0.4, 0.5) is 4.39 Å². The molecular weight excluding hydrogens is 309 g/mol. The molecule has 124 valence electrons. The predicted octanol–water partition coefficient (Wildman–Crippen LogP) is 1.80. The van der Waals surface area contributed by atoms with Gasteiger partial charge in [0.05, 0.1) is 18.2 Å². The Labute approximate surface area is 138 Å². The number of hydrogen-bond donors (Lipinski definition) is 3. The smallest absolute Gasteiger partial charge is 0.127 e. The van der Waals surface area contributed by atoms with E-state index in [0.29, 0.717) is 6.42 Å². The van der Waals surface area contributed by atoms with E-state index in [0.717, 1.165) is 11.4 Å². The number of imidazole rings is 1. The normalized spacial score (nSPS) is 24.5. The molecule has 3 N–H and O–H groups in total. The van der Waals surface area contributed by atoms with E-state index in [9.17, 15) is 9.50 Å². The molecule has 1 unspecified atom stereocenters. The second-order valence-electron chi connectivity index (χ2n) is 6.01. The maximum atomic E-state index is 13.2. The summed E-state index contributed by atoms with van der Waals surface area (Å²) < 4.78 is 15.0. The summed E-state index contributed by atoms with van der Waals surface area (Å²) in [5.41, 5.74) is 0.909. The van der Waals surface area contributed by atoms with Crippen LogP contribution in [0.25, 0.3) is 0 Å². The van der Waals surface area contributed by atoms with Gasteiger partial charge in [0.25, 0.3) is 0 Å². The summed E-state index contributed by atoms with van der Waals surface area (Å²) in [5.74, 6) is 0.479. The van der Waals surface area contributed by atoms with Crippen LogP contribution in [-0.2, 0) is 0 Å². The highest BCUT2D eigenvalue weighted by molar-refractivity contribution is 5.26. The molecule has 0 spiro atoms. The molecular formula is C17H18FN5O. The molecule has 4 atom stereocenters. The van der Waals surface area contributed by atoms with Crippen molar-refractivity contribution in [3.05, 3.63) is 72.3 Å². The number of benzene rings is 1. The third-order valence-electron chi connectivity index (χ3n) is 4.51. The van der Waals surface area contributed by atoms with Gasteiger partial charge < -0.3 is 10.1 Å². The van der Waals surface area contributed by atoms with Crippen LogP contribution in [0, 0.1) is 5.82 Å². The molecule has 0 aliphatic heterocycles. The number of nitrogens with zero attached hydrogens (tertiary/aromatic N) is 3. The van der Waals surface area contributed by atoms with E-state index in [1.165, 1.54) is 12.1 Å². The average Bonchev–Trinajstić information content (AvgIpc) is 3.26. The summed E-state index contributed by atoms with van der Waals surface area (Å²) in [6.45, 7) is 0. The first-order chi connectivity index (χ1) is 11.7. The van der Waals surface area contributed by atoms with Gasteiger partial charge in [-0.15, -0.1) is 0 Å². The van der Waals surface area contributed by atoms with Crippen LogP contribution < -0.4 is 5.32 Å². The molecule has 7 heteroatoms. The lowest BCUT2D eigenvalue weighted by atomic mass is 9.82. The van der Waals surface area contributed by atoms with Crippen molar-refractivity contribution in [2.45, 2.75) is 30.7 Å². The zero-order valence-corrected chi connectivity index (χ0v) is 12.9. The van der Waals surface area contributed by atoms with Crippen LogP contribution in [0.15, 0.2) is 55.1 Å². The number of rotatable bonds is 5. The fraction of sp³-hybridized carbons (Fsp3) is 0.294. The molecule has 0 amide bonds. The van der Waals surface area contributed by atoms with Gasteiger partial charge >= 0.3 is 0 Å². The number of aromatic nitrogens is 4. The first-order valence-electron chi connectivity index (χ1n) is 7.90. The molecule has 1 saturated carbocycles. The minimum atomic E-state index is -0.437. The summed E-state index contributed by atoms with van der Waals surface area (Å²) in [7, 11) is 0. The SMILES string of the molecule is O[C@@H]1C[C@H](NC(c2ccc(F)cc2)c2ncc[nH]2)[C@H]1n1cccn1. The van der Waals surface area contributed by atoms with Gasteiger partial charge in [0.2, 0.25) is 0 Å². The Balaban J connectivity index is 1.60. The van der Waals surface area contributed by atoms with Gasteiger partial charge in [-0.25, -0.2) is 9.37 Å². The molecule has 24 heavy (non-hydrogen) atoms. The highest BCUT2D eigenvalue weighted by atomic mass is 19.1. The van der Waals surface area contributed by atoms with Crippen LogP contribution in [0.1, 0.15) is 29.9 Å². The standard InChI is InChI=1S/C17H18FN5O/c18-12-4-2-11(3-5-12)15(17-19-7-8-20-17)22-13-10-14(24)16(13)23-9-1-6-21-23/h1-9,13-16,22,24H,10H2,(H,19,20)/t13-,14+,15?,16+/m0/s1. The third-order valence-corrected chi connectivity index (χ3v) is 4.51. The van der Waals surface area contributed by atoms with Crippen LogP contribution in [-0.4, -0.2) is 37.0 Å². The first kappa shape index (κ1) is 15.0. The van der Waals surface area contributed by atoms with Crippen LogP contribution in [0.5, 0.6) is 0 Å². The van der Waals surface area contributed by atoms with Gasteiger partial charge in [0.1, 0.15) is 11.6 Å². The monoisotopic (exact) mass is 327 g/mol. The zero-order valence-electron chi connectivity index (χ0n) is 12.9. The Kier molecular flexibility index (Phi) is 3.87. The third kappa shape index (κ3) is 2.72. The second-order valence-corrected chi connectivity index (χ2v) is 6.01. The molecule has 1 aliphatic carbocycles. The highest BCUT2D eigenvalue weighted by Crippen LogP contribution is 2.35. The Morgan fingerprint density at radius 1 is 1.29 bits per heavy atom.